The highest BCUT2D eigenvalue weighted by Crippen LogP contribution is 2.28. The van der Waals surface area contributed by atoms with E-state index in [2.05, 4.69) is 40.8 Å². The van der Waals surface area contributed by atoms with Crippen LogP contribution < -0.4 is 4.90 Å². The van der Waals surface area contributed by atoms with Crippen molar-refractivity contribution in [1.82, 2.24) is 24.9 Å². The van der Waals surface area contributed by atoms with Crippen molar-refractivity contribution in [2.75, 3.05) is 49.1 Å². The number of urea groups is 1. The molecule has 2 amide bonds. The zero-order valence-electron chi connectivity index (χ0n) is 25.0. The molecule has 0 radical (unpaired) electrons. The van der Waals surface area contributed by atoms with Crippen molar-refractivity contribution >= 4 is 21.6 Å². The van der Waals surface area contributed by atoms with E-state index in [1.54, 1.807) is 0 Å². The minimum atomic E-state index is -3.22. The van der Waals surface area contributed by atoms with E-state index in [1.165, 1.54) is 21.9 Å². The first-order valence-electron chi connectivity index (χ1n) is 14.7. The minimum Gasteiger partial charge on any atom is -0.415 e. The van der Waals surface area contributed by atoms with Gasteiger partial charge in [-0.1, -0.05) is 25.1 Å². The van der Waals surface area contributed by atoms with E-state index in [9.17, 15) is 22.0 Å². The van der Waals surface area contributed by atoms with E-state index < -0.39 is 34.0 Å². The fourth-order valence-electron chi connectivity index (χ4n) is 5.79. The Morgan fingerprint density at radius 1 is 1.05 bits per heavy atom. The number of hydrogen-bond donors (Lipinski definition) is 0. The second-order valence-electron chi connectivity index (χ2n) is 11.4. The molecule has 0 bridgehead atoms. The number of hydrogen-bond acceptors (Lipinski definition) is 8. The summed E-state index contributed by atoms with van der Waals surface area (Å²) < 4.78 is 70.0. The average molecular weight is 635 g/mol. The van der Waals surface area contributed by atoms with Crippen molar-refractivity contribution in [3.63, 3.8) is 0 Å². The van der Waals surface area contributed by atoms with Gasteiger partial charge >= 0.3 is 12.5 Å². The number of benzene rings is 2. The number of alkyl halides is 2. The van der Waals surface area contributed by atoms with Crippen LogP contribution in [-0.4, -0.2) is 95.7 Å². The van der Waals surface area contributed by atoms with Crippen molar-refractivity contribution in [3.05, 3.63) is 65.3 Å². The highest BCUT2D eigenvalue weighted by atomic mass is 32.2. The number of carbonyl (C=O) groups is 1. The van der Waals surface area contributed by atoms with Crippen LogP contribution in [-0.2, 0) is 22.9 Å². The van der Waals surface area contributed by atoms with Crippen molar-refractivity contribution < 1.29 is 30.8 Å². The summed E-state index contributed by atoms with van der Waals surface area (Å²) in [6, 6.07) is 11.9. The Hall–Kier alpha value is -3.49. The lowest BCUT2D eigenvalue weighted by atomic mass is 10.1. The number of rotatable bonds is 8. The molecular formula is C30H37F3N6O4S. The molecule has 3 heterocycles. The highest BCUT2D eigenvalue weighted by molar-refractivity contribution is 7.91. The number of nitrogens with zero attached hydrogens (tertiary/aromatic N) is 6. The molecule has 3 aromatic rings. The molecular weight excluding hydrogens is 597 g/mol. The number of piperazine rings is 1. The molecule has 2 aliphatic heterocycles. The summed E-state index contributed by atoms with van der Waals surface area (Å²) in [5, 5.41) is 6.85. The smallest absolute Gasteiger partial charge is 0.324 e. The molecule has 10 nitrogen and oxygen atoms in total. The van der Waals surface area contributed by atoms with Crippen molar-refractivity contribution in [2.24, 2.45) is 0 Å². The molecule has 0 aliphatic carbocycles. The maximum atomic E-state index is 15.4. The van der Waals surface area contributed by atoms with Crippen LogP contribution in [0.3, 0.4) is 0 Å². The Bertz CT molecular complexity index is 1540. The Labute approximate surface area is 255 Å². The van der Waals surface area contributed by atoms with Gasteiger partial charge in [0, 0.05) is 61.6 Å². The molecule has 0 saturated carbocycles. The number of sulfone groups is 1. The largest absolute Gasteiger partial charge is 0.415 e. The lowest BCUT2D eigenvalue weighted by Gasteiger charge is -2.44. The molecule has 2 saturated heterocycles. The van der Waals surface area contributed by atoms with Gasteiger partial charge in [0.1, 0.15) is 5.82 Å². The predicted molar refractivity (Wildman–Crippen MR) is 159 cm³/mol. The topological polar surface area (TPSA) is 103 Å². The summed E-state index contributed by atoms with van der Waals surface area (Å²) in [7, 11) is -3.22. The second-order valence-corrected chi connectivity index (χ2v) is 13.8. The van der Waals surface area contributed by atoms with Gasteiger partial charge in [-0.2, -0.15) is 8.78 Å². The summed E-state index contributed by atoms with van der Waals surface area (Å²) in [6.45, 7) is 10.3. The van der Waals surface area contributed by atoms with Crippen LogP contribution in [0, 0.1) is 5.82 Å². The number of halogens is 3. The molecule has 5 rings (SSSR count). The van der Waals surface area contributed by atoms with Crippen LogP contribution in [0.2, 0.25) is 0 Å². The van der Waals surface area contributed by atoms with Gasteiger partial charge in [-0.05, 0) is 50.2 Å². The maximum Gasteiger partial charge on any atom is 0.324 e. The van der Waals surface area contributed by atoms with Crippen molar-refractivity contribution in [1.29, 1.82) is 0 Å². The van der Waals surface area contributed by atoms with E-state index in [-0.39, 0.29) is 48.2 Å². The van der Waals surface area contributed by atoms with Gasteiger partial charge in [-0.3, -0.25) is 9.80 Å². The zero-order chi connectivity index (χ0) is 31.6. The first-order chi connectivity index (χ1) is 20.9. The van der Waals surface area contributed by atoms with Gasteiger partial charge in [0.25, 0.3) is 5.89 Å². The molecule has 0 unspecified atom stereocenters. The van der Waals surface area contributed by atoms with Crippen LogP contribution in [0.5, 0.6) is 0 Å². The fourth-order valence-corrected chi connectivity index (χ4v) is 6.99. The first kappa shape index (κ1) is 31.9. The molecule has 1 aromatic heterocycles. The van der Waals surface area contributed by atoms with Crippen LogP contribution in [0.1, 0.15) is 44.2 Å². The molecule has 0 N–H and O–H groups in total. The molecule has 2 fully saturated rings. The van der Waals surface area contributed by atoms with Gasteiger partial charge in [0.05, 0.1) is 18.1 Å². The third kappa shape index (κ3) is 7.24. The molecule has 238 valence electrons. The Balaban J connectivity index is 1.37. The fraction of sp³-hybridized carbons (Fsp3) is 0.500. The van der Waals surface area contributed by atoms with Gasteiger partial charge in [0.15, 0.2) is 9.84 Å². The number of carbonyl (C=O) groups excluding carboxylic acids is 1. The van der Waals surface area contributed by atoms with E-state index in [0.29, 0.717) is 17.8 Å². The molecule has 2 aromatic carbocycles. The summed E-state index contributed by atoms with van der Waals surface area (Å²) in [5.41, 5.74) is 1.90. The first-order valence-corrected chi connectivity index (χ1v) is 16.5. The summed E-state index contributed by atoms with van der Waals surface area (Å²) in [5.74, 6) is -2.07. The molecule has 0 spiro atoms. The van der Waals surface area contributed by atoms with Gasteiger partial charge in [-0.25, -0.2) is 17.6 Å². The molecule has 14 heteroatoms. The van der Waals surface area contributed by atoms with E-state index in [4.69, 9.17) is 4.42 Å². The second kappa shape index (κ2) is 13.2. The van der Waals surface area contributed by atoms with Gasteiger partial charge in [-0.15, -0.1) is 10.2 Å². The van der Waals surface area contributed by atoms with Crippen molar-refractivity contribution in [2.45, 2.75) is 52.4 Å². The molecule has 2 atom stereocenters. The van der Waals surface area contributed by atoms with E-state index >= 15 is 4.39 Å². The van der Waals surface area contributed by atoms with E-state index in [1.807, 2.05) is 24.3 Å². The van der Waals surface area contributed by atoms with Crippen LogP contribution in [0.15, 0.2) is 46.9 Å². The predicted octanol–water partition coefficient (Wildman–Crippen LogP) is 4.58. The van der Waals surface area contributed by atoms with E-state index in [0.717, 1.165) is 37.8 Å². The SMILES string of the molecule is CCN1C[C@@H](C)N(Cc2ccc(N(Cc3ccc(-c4nnc(C(F)F)o4)cc3F)C(=O)N3CCS(=O)(=O)CC3)cc2)[C@@H](C)C1. The Morgan fingerprint density at radius 3 is 2.27 bits per heavy atom. The molecule has 2 aliphatic rings. The average Bonchev–Trinajstić information content (AvgIpc) is 3.49. The number of aromatic nitrogens is 2. The van der Waals surface area contributed by atoms with Crippen LogP contribution >= 0.6 is 0 Å². The Morgan fingerprint density at radius 2 is 1.70 bits per heavy atom. The normalized spacial score (nSPS) is 21.1. The Kier molecular flexibility index (Phi) is 9.61. The van der Waals surface area contributed by atoms with Gasteiger partial charge < -0.3 is 14.2 Å². The quantitative estimate of drug-likeness (QED) is 0.355. The third-order valence-corrected chi connectivity index (χ3v) is 9.95. The monoisotopic (exact) mass is 634 g/mol. The van der Waals surface area contributed by atoms with Crippen molar-refractivity contribution in [3.8, 4) is 11.5 Å². The maximum absolute atomic E-state index is 15.4. The minimum absolute atomic E-state index is 0.0420. The van der Waals surface area contributed by atoms with Gasteiger partial charge in [0.2, 0.25) is 5.89 Å². The summed E-state index contributed by atoms with van der Waals surface area (Å²) in [6.07, 6.45) is -2.95. The molecule has 44 heavy (non-hydrogen) atoms. The zero-order valence-corrected chi connectivity index (χ0v) is 25.8. The summed E-state index contributed by atoms with van der Waals surface area (Å²) in [4.78, 5) is 21.5. The lowest BCUT2D eigenvalue weighted by Crippen LogP contribution is -2.55. The number of anilines is 1. The van der Waals surface area contributed by atoms with Crippen LogP contribution in [0.25, 0.3) is 11.5 Å². The third-order valence-electron chi connectivity index (χ3n) is 8.34. The van der Waals surface area contributed by atoms with Crippen LogP contribution in [0.4, 0.5) is 23.7 Å². The number of likely N-dealkylation sites (N-methyl/N-ethyl adjacent to an activating group) is 1. The summed E-state index contributed by atoms with van der Waals surface area (Å²) >= 11 is 0. The lowest BCUT2D eigenvalue weighted by molar-refractivity contribution is 0.0356. The number of amides is 2. The standard InChI is InChI=1S/C30H37F3N6O4S/c1-4-36-16-20(2)38(21(3)17-36)18-22-5-9-25(10-6-22)39(30(40)37-11-13-44(41,42)14-12-37)19-24-8-7-23(15-26(24)31)28-34-35-29(43-28)27(32)33/h5-10,15,20-21,27H,4,11-14,16-19H2,1-3H3/t20-,21+. The highest BCUT2D eigenvalue weighted by Gasteiger charge is 2.31.